The SMILES string of the molecule is CC(C)CCCC(C)[C@H]1CC[C@H]2[C@@H]3CC=C4C[C@@H](OC(=O)CC(=O)N(CCCN(C)C)CCCN(C)C)CC[C@]4(C)[C@H]3CC[C@]12C.Cl.Cl. The Morgan fingerprint density at radius 3 is 2.08 bits per heavy atom. The van der Waals surface area contributed by atoms with Crippen LogP contribution in [0.1, 0.15) is 125 Å². The van der Waals surface area contributed by atoms with Crippen LogP contribution in [0.4, 0.5) is 0 Å². The molecule has 3 fully saturated rings. The minimum absolute atomic E-state index is 0. The Morgan fingerprint density at radius 2 is 1.48 bits per heavy atom. The number of rotatable bonds is 16. The van der Waals surface area contributed by atoms with Crippen LogP contribution in [0.25, 0.3) is 0 Å². The zero-order valence-corrected chi connectivity index (χ0v) is 33.9. The van der Waals surface area contributed by atoms with Crippen molar-refractivity contribution in [1.29, 1.82) is 0 Å². The van der Waals surface area contributed by atoms with Gasteiger partial charge in [-0.25, -0.2) is 0 Å². The summed E-state index contributed by atoms with van der Waals surface area (Å²) in [6, 6.07) is 0. The van der Waals surface area contributed by atoms with Crippen molar-refractivity contribution < 1.29 is 14.3 Å². The zero-order chi connectivity index (χ0) is 33.6. The lowest BCUT2D eigenvalue weighted by Crippen LogP contribution is -2.51. The van der Waals surface area contributed by atoms with Crippen molar-refractivity contribution in [3.8, 4) is 0 Å². The Bertz CT molecular complexity index is 1040. The maximum atomic E-state index is 13.2. The van der Waals surface area contributed by atoms with Crippen molar-refractivity contribution in [2.75, 3.05) is 54.4 Å². The average Bonchev–Trinajstić information content (AvgIpc) is 3.33. The van der Waals surface area contributed by atoms with E-state index in [4.69, 9.17) is 4.74 Å². The van der Waals surface area contributed by atoms with Gasteiger partial charge in [0.15, 0.2) is 0 Å². The fraction of sp³-hybridized carbons (Fsp3) is 0.900. The zero-order valence-electron chi connectivity index (χ0n) is 32.2. The molecular formula is C40H73Cl2N3O3. The van der Waals surface area contributed by atoms with E-state index >= 15 is 0 Å². The molecule has 4 rings (SSSR count). The molecule has 0 aromatic rings. The molecule has 0 aromatic carbocycles. The van der Waals surface area contributed by atoms with Gasteiger partial charge < -0.3 is 19.4 Å². The molecule has 6 nitrogen and oxygen atoms in total. The summed E-state index contributed by atoms with van der Waals surface area (Å²) in [5, 5.41) is 0. The third kappa shape index (κ3) is 10.6. The summed E-state index contributed by atoms with van der Waals surface area (Å²) in [5.74, 6) is 4.55. The highest BCUT2D eigenvalue weighted by molar-refractivity contribution is 5.94. The van der Waals surface area contributed by atoms with Crippen LogP contribution < -0.4 is 0 Å². The Balaban J connectivity index is 0.00000400. The van der Waals surface area contributed by atoms with Crippen LogP contribution >= 0.6 is 24.8 Å². The van der Waals surface area contributed by atoms with Crippen molar-refractivity contribution in [1.82, 2.24) is 14.7 Å². The van der Waals surface area contributed by atoms with Gasteiger partial charge in [-0.1, -0.05) is 65.5 Å². The Morgan fingerprint density at radius 1 is 0.833 bits per heavy atom. The van der Waals surface area contributed by atoms with Gasteiger partial charge in [-0.05, 0) is 145 Å². The molecule has 0 spiro atoms. The molecule has 0 bridgehead atoms. The van der Waals surface area contributed by atoms with E-state index in [1.165, 1.54) is 51.4 Å². The predicted octanol–water partition coefficient (Wildman–Crippen LogP) is 8.91. The van der Waals surface area contributed by atoms with Crippen LogP contribution in [-0.4, -0.2) is 87.0 Å². The van der Waals surface area contributed by atoms with E-state index in [1.807, 2.05) is 4.90 Å². The number of halogens is 2. The number of esters is 1. The van der Waals surface area contributed by atoms with E-state index in [0.29, 0.717) is 18.5 Å². The molecule has 0 N–H and O–H groups in total. The second-order valence-electron chi connectivity index (χ2n) is 17.5. The summed E-state index contributed by atoms with van der Waals surface area (Å²) in [6.45, 7) is 15.7. The van der Waals surface area contributed by atoms with Crippen LogP contribution in [0.2, 0.25) is 0 Å². The molecule has 0 aliphatic heterocycles. The van der Waals surface area contributed by atoms with E-state index in [9.17, 15) is 9.59 Å². The van der Waals surface area contributed by atoms with E-state index in [2.05, 4.69) is 78.7 Å². The van der Waals surface area contributed by atoms with Gasteiger partial charge >= 0.3 is 5.97 Å². The first-order valence-corrected chi connectivity index (χ1v) is 19.2. The summed E-state index contributed by atoms with van der Waals surface area (Å²) >= 11 is 0. The van der Waals surface area contributed by atoms with Crippen molar-refractivity contribution in [3.05, 3.63) is 11.6 Å². The quantitative estimate of drug-likeness (QED) is 0.0909. The highest BCUT2D eigenvalue weighted by atomic mass is 35.5. The van der Waals surface area contributed by atoms with Crippen molar-refractivity contribution in [2.24, 2.45) is 46.3 Å². The first kappa shape index (κ1) is 43.3. The lowest BCUT2D eigenvalue weighted by Gasteiger charge is -2.58. The minimum atomic E-state index is -0.342. The lowest BCUT2D eigenvalue weighted by molar-refractivity contribution is -0.155. The fourth-order valence-electron chi connectivity index (χ4n) is 10.7. The molecule has 8 heteroatoms. The lowest BCUT2D eigenvalue weighted by atomic mass is 9.47. The van der Waals surface area contributed by atoms with E-state index in [-0.39, 0.29) is 54.6 Å². The van der Waals surface area contributed by atoms with Gasteiger partial charge in [0.2, 0.25) is 5.91 Å². The largest absolute Gasteiger partial charge is 0.462 e. The molecule has 280 valence electrons. The second-order valence-corrected chi connectivity index (χ2v) is 17.5. The number of amides is 1. The van der Waals surface area contributed by atoms with Crippen molar-refractivity contribution >= 4 is 36.7 Å². The van der Waals surface area contributed by atoms with Gasteiger partial charge in [-0.15, -0.1) is 24.8 Å². The number of nitrogens with zero attached hydrogens (tertiary/aromatic N) is 3. The molecule has 0 heterocycles. The van der Waals surface area contributed by atoms with Crippen LogP contribution in [0, 0.1) is 46.3 Å². The summed E-state index contributed by atoms with van der Waals surface area (Å²) in [5.41, 5.74) is 2.28. The maximum Gasteiger partial charge on any atom is 0.315 e. The van der Waals surface area contributed by atoms with Crippen LogP contribution in [-0.2, 0) is 14.3 Å². The number of hydrogen-bond acceptors (Lipinski definition) is 5. The van der Waals surface area contributed by atoms with Crippen LogP contribution in [0.3, 0.4) is 0 Å². The molecule has 3 saturated carbocycles. The number of fused-ring (bicyclic) bond motifs is 5. The molecule has 1 amide bonds. The van der Waals surface area contributed by atoms with Crippen LogP contribution in [0.5, 0.6) is 0 Å². The number of hydrogen-bond donors (Lipinski definition) is 0. The van der Waals surface area contributed by atoms with Crippen molar-refractivity contribution in [2.45, 2.75) is 131 Å². The number of carbonyl (C=O) groups is 2. The highest BCUT2D eigenvalue weighted by Crippen LogP contribution is 2.67. The highest BCUT2D eigenvalue weighted by Gasteiger charge is 2.59. The first-order chi connectivity index (χ1) is 21.7. The molecule has 48 heavy (non-hydrogen) atoms. The summed E-state index contributed by atoms with van der Waals surface area (Å²) in [4.78, 5) is 32.5. The van der Waals surface area contributed by atoms with Gasteiger partial charge in [-0.2, -0.15) is 0 Å². The molecule has 1 unspecified atom stereocenters. The second kappa shape index (κ2) is 19.1. The molecule has 0 saturated heterocycles. The molecule has 8 atom stereocenters. The molecule has 0 radical (unpaired) electrons. The Labute approximate surface area is 307 Å². The number of carbonyl (C=O) groups excluding carboxylic acids is 2. The standard InChI is InChI=1S/C40H71N3O3.2ClH/c1-29(2)13-10-14-30(3)34-17-18-35-33-16-15-31-27-32(19-21-39(31,4)36(33)20-22-40(34,35)5)46-38(45)28-37(44)43(25-11-23-41(6)7)26-12-24-42(8)9;;/h15,29-30,32-36H,10-14,16-28H2,1-9H3;2*1H/t30?,32-,33-,34+,35-,36-,39-,40+;;/m0../s1. The normalized spacial score (nSPS) is 31.6. The van der Waals surface area contributed by atoms with E-state index in [0.717, 1.165) is 80.7 Å². The summed E-state index contributed by atoms with van der Waals surface area (Å²) in [6.07, 6.45) is 18.0. The van der Waals surface area contributed by atoms with Gasteiger partial charge in [0.25, 0.3) is 0 Å². The van der Waals surface area contributed by atoms with E-state index in [1.54, 1.807) is 5.57 Å². The topological polar surface area (TPSA) is 53.1 Å². The Hall–Kier alpha value is -0.820. The smallest absolute Gasteiger partial charge is 0.315 e. The third-order valence-electron chi connectivity index (χ3n) is 13.3. The monoisotopic (exact) mass is 714 g/mol. The maximum absolute atomic E-state index is 13.2. The van der Waals surface area contributed by atoms with Gasteiger partial charge in [0.05, 0.1) is 0 Å². The van der Waals surface area contributed by atoms with Gasteiger partial charge in [0.1, 0.15) is 12.5 Å². The summed E-state index contributed by atoms with van der Waals surface area (Å²) < 4.78 is 6.06. The Kier molecular flexibility index (Phi) is 17.3. The average molecular weight is 715 g/mol. The van der Waals surface area contributed by atoms with Gasteiger partial charge in [-0.3, -0.25) is 9.59 Å². The minimum Gasteiger partial charge on any atom is -0.462 e. The van der Waals surface area contributed by atoms with E-state index < -0.39 is 0 Å². The number of ether oxygens (including phenoxy) is 1. The fourth-order valence-corrected chi connectivity index (χ4v) is 10.7. The third-order valence-corrected chi connectivity index (χ3v) is 13.3. The van der Waals surface area contributed by atoms with Gasteiger partial charge in [0, 0.05) is 19.5 Å². The predicted molar refractivity (Wildman–Crippen MR) is 205 cm³/mol. The molecule has 4 aliphatic carbocycles. The van der Waals surface area contributed by atoms with Crippen molar-refractivity contribution in [3.63, 3.8) is 0 Å². The first-order valence-electron chi connectivity index (χ1n) is 19.2. The molecule has 0 aromatic heterocycles. The number of allylic oxidation sites excluding steroid dienone is 1. The molecule has 4 aliphatic rings. The summed E-state index contributed by atoms with van der Waals surface area (Å²) in [7, 11) is 8.22. The van der Waals surface area contributed by atoms with Crippen LogP contribution in [0.15, 0.2) is 11.6 Å². The molecular weight excluding hydrogens is 641 g/mol.